The lowest BCUT2D eigenvalue weighted by Gasteiger charge is -2.23. The van der Waals surface area contributed by atoms with E-state index in [0.717, 1.165) is 5.57 Å². The first kappa shape index (κ1) is 9.04. The first-order chi connectivity index (χ1) is 5.41. The van der Waals surface area contributed by atoms with Crippen LogP contribution in [0.5, 0.6) is 0 Å². The van der Waals surface area contributed by atoms with Crippen LogP contribution in [0.2, 0.25) is 0 Å². The monoisotopic (exact) mass is 167 g/mol. The average molecular weight is 167 g/mol. The van der Waals surface area contributed by atoms with Gasteiger partial charge >= 0.3 is 0 Å². The molecule has 0 aromatic heterocycles. The molecule has 0 saturated heterocycles. The minimum absolute atomic E-state index is 0.0228. The number of dihydropyridines is 1. The Morgan fingerprint density at radius 2 is 2.00 bits per heavy atom. The summed E-state index contributed by atoms with van der Waals surface area (Å²) in [5, 5.41) is 2.79. The molecule has 2 heteroatoms. The number of rotatable bonds is 0. The smallest absolute Gasteiger partial charge is 0.146 e. The van der Waals surface area contributed by atoms with Crippen LogP contribution in [0.1, 0.15) is 20.8 Å². The van der Waals surface area contributed by atoms with E-state index in [4.69, 9.17) is 0 Å². The van der Waals surface area contributed by atoms with Crippen LogP contribution in [-0.2, 0) is 0 Å². The van der Waals surface area contributed by atoms with Gasteiger partial charge in [0.25, 0.3) is 0 Å². The molecule has 0 aliphatic carbocycles. The average Bonchev–Trinajstić information content (AvgIpc) is 1.92. The third kappa shape index (κ3) is 1.76. The molecule has 0 aromatic carbocycles. The summed E-state index contributed by atoms with van der Waals surface area (Å²) in [5.41, 5.74) is 1.26. The summed E-state index contributed by atoms with van der Waals surface area (Å²) in [6.07, 6.45) is 3.32. The maximum absolute atomic E-state index is 13.0. The summed E-state index contributed by atoms with van der Waals surface area (Å²) in [4.78, 5) is 0. The summed E-state index contributed by atoms with van der Waals surface area (Å²) in [6.45, 7) is 9.63. The Kier molecular flexibility index (Phi) is 2.09. The summed E-state index contributed by atoms with van der Waals surface area (Å²) in [6, 6.07) is 0. The summed E-state index contributed by atoms with van der Waals surface area (Å²) in [7, 11) is 0. The van der Waals surface area contributed by atoms with Crippen molar-refractivity contribution >= 4 is 0 Å². The molecule has 0 spiro atoms. The molecule has 1 N–H and O–H groups in total. The third-order valence-corrected chi connectivity index (χ3v) is 1.84. The summed E-state index contributed by atoms with van der Waals surface area (Å²) in [5.74, 6) is -0.276. The maximum atomic E-state index is 13.0. The molecule has 66 valence electrons. The molecule has 0 bridgehead atoms. The standard InChI is InChI=1S/C10H14FN/c1-7-9(11)5-8(6-12-7)10(2,3)4/h5-6,12H,1H2,2-4H3. The van der Waals surface area contributed by atoms with Crippen molar-refractivity contribution in [1.29, 1.82) is 0 Å². The topological polar surface area (TPSA) is 12.0 Å². The number of hydrogen-bond donors (Lipinski definition) is 1. The Labute approximate surface area is 72.7 Å². The number of nitrogens with one attached hydrogen (secondary N) is 1. The van der Waals surface area contributed by atoms with Crippen molar-refractivity contribution in [3.63, 3.8) is 0 Å². The van der Waals surface area contributed by atoms with Crippen molar-refractivity contribution in [2.45, 2.75) is 20.8 Å². The molecule has 0 radical (unpaired) electrons. The normalized spacial score (nSPS) is 18.2. The fourth-order valence-corrected chi connectivity index (χ4v) is 0.932. The van der Waals surface area contributed by atoms with E-state index < -0.39 is 0 Å². The van der Waals surface area contributed by atoms with Crippen LogP contribution in [0.25, 0.3) is 0 Å². The highest BCUT2D eigenvalue weighted by molar-refractivity contribution is 5.38. The van der Waals surface area contributed by atoms with E-state index in [-0.39, 0.29) is 11.2 Å². The highest BCUT2D eigenvalue weighted by Crippen LogP contribution is 2.29. The minimum Gasteiger partial charge on any atom is -0.359 e. The highest BCUT2D eigenvalue weighted by Gasteiger charge is 2.19. The SMILES string of the molecule is C=C1NC=C(C(C)(C)C)C=C1F. The van der Waals surface area contributed by atoms with Crippen LogP contribution in [0.3, 0.4) is 0 Å². The molecule has 0 fully saturated rings. The fraction of sp³-hybridized carbons (Fsp3) is 0.400. The molecular formula is C10H14FN. The van der Waals surface area contributed by atoms with Crippen LogP contribution in [0.4, 0.5) is 4.39 Å². The fourth-order valence-electron chi connectivity index (χ4n) is 0.932. The van der Waals surface area contributed by atoms with Gasteiger partial charge in [0, 0.05) is 6.20 Å². The molecule has 0 amide bonds. The predicted octanol–water partition coefficient (Wildman–Crippen LogP) is 2.89. The van der Waals surface area contributed by atoms with Gasteiger partial charge in [0.2, 0.25) is 0 Å². The zero-order chi connectivity index (χ0) is 9.35. The Morgan fingerprint density at radius 1 is 1.42 bits per heavy atom. The van der Waals surface area contributed by atoms with Crippen LogP contribution in [-0.4, -0.2) is 0 Å². The zero-order valence-electron chi connectivity index (χ0n) is 7.74. The molecule has 1 heterocycles. The van der Waals surface area contributed by atoms with Gasteiger partial charge in [-0.15, -0.1) is 0 Å². The second kappa shape index (κ2) is 2.77. The third-order valence-electron chi connectivity index (χ3n) is 1.84. The Balaban J connectivity index is 2.93. The van der Waals surface area contributed by atoms with Gasteiger partial charge < -0.3 is 5.32 Å². The van der Waals surface area contributed by atoms with Gasteiger partial charge in [0.05, 0.1) is 5.70 Å². The van der Waals surface area contributed by atoms with E-state index in [1.807, 2.05) is 20.8 Å². The van der Waals surface area contributed by atoms with Gasteiger partial charge in [-0.2, -0.15) is 0 Å². The lowest BCUT2D eigenvalue weighted by atomic mass is 9.86. The van der Waals surface area contributed by atoms with Crippen LogP contribution >= 0.6 is 0 Å². The van der Waals surface area contributed by atoms with Gasteiger partial charge in [-0.05, 0) is 17.1 Å². The molecule has 1 nitrogen and oxygen atoms in total. The molecule has 0 atom stereocenters. The van der Waals surface area contributed by atoms with Crippen LogP contribution in [0.15, 0.2) is 36.0 Å². The van der Waals surface area contributed by atoms with Gasteiger partial charge in [-0.25, -0.2) is 4.39 Å². The number of allylic oxidation sites excluding steroid dienone is 3. The van der Waals surface area contributed by atoms with Crippen molar-refractivity contribution in [3.8, 4) is 0 Å². The number of hydrogen-bond acceptors (Lipinski definition) is 1. The molecule has 1 aliphatic rings. The molecule has 1 aliphatic heterocycles. The van der Waals surface area contributed by atoms with E-state index in [1.54, 1.807) is 6.20 Å². The van der Waals surface area contributed by atoms with Crippen molar-refractivity contribution in [3.05, 3.63) is 36.0 Å². The predicted molar refractivity (Wildman–Crippen MR) is 49.0 cm³/mol. The molecule has 0 unspecified atom stereocenters. The Hall–Kier alpha value is -1.05. The minimum atomic E-state index is -0.276. The summed E-state index contributed by atoms with van der Waals surface area (Å²) < 4.78 is 13.0. The maximum Gasteiger partial charge on any atom is 0.146 e. The lowest BCUT2D eigenvalue weighted by molar-refractivity contribution is 0.503. The first-order valence-electron chi connectivity index (χ1n) is 3.95. The Bertz CT molecular complexity index is 266. The van der Waals surface area contributed by atoms with Crippen molar-refractivity contribution in [2.75, 3.05) is 0 Å². The first-order valence-corrected chi connectivity index (χ1v) is 3.95. The summed E-state index contributed by atoms with van der Waals surface area (Å²) >= 11 is 0. The molecular weight excluding hydrogens is 153 g/mol. The van der Waals surface area contributed by atoms with E-state index in [2.05, 4.69) is 11.9 Å². The van der Waals surface area contributed by atoms with Crippen molar-refractivity contribution in [2.24, 2.45) is 5.41 Å². The lowest BCUT2D eigenvalue weighted by Crippen LogP contribution is -2.17. The van der Waals surface area contributed by atoms with E-state index in [0.29, 0.717) is 5.70 Å². The van der Waals surface area contributed by atoms with Crippen molar-refractivity contribution < 1.29 is 4.39 Å². The largest absolute Gasteiger partial charge is 0.359 e. The molecule has 0 saturated carbocycles. The second-order valence-electron chi connectivity index (χ2n) is 3.96. The van der Waals surface area contributed by atoms with Crippen LogP contribution < -0.4 is 5.32 Å². The van der Waals surface area contributed by atoms with Gasteiger partial charge in [-0.1, -0.05) is 27.4 Å². The zero-order valence-corrected chi connectivity index (χ0v) is 7.74. The van der Waals surface area contributed by atoms with E-state index in [1.165, 1.54) is 6.08 Å². The molecule has 1 rings (SSSR count). The van der Waals surface area contributed by atoms with E-state index in [9.17, 15) is 4.39 Å². The van der Waals surface area contributed by atoms with Gasteiger partial charge in [0.1, 0.15) is 5.83 Å². The van der Waals surface area contributed by atoms with Crippen molar-refractivity contribution in [1.82, 2.24) is 5.32 Å². The van der Waals surface area contributed by atoms with Crippen LogP contribution in [0, 0.1) is 5.41 Å². The highest BCUT2D eigenvalue weighted by atomic mass is 19.1. The van der Waals surface area contributed by atoms with E-state index >= 15 is 0 Å². The van der Waals surface area contributed by atoms with Gasteiger partial charge in [-0.3, -0.25) is 0 Å². The quantitative estimate of drug-likeness (QED) is 0.585. The second-order valence-corrected chi connectivity index (χ2v) is 3.96. The molecule has 12 heavy (non-hydrogen) atoms. The Morgan fingerprint density at radius 3 is 2.42 bits per heavy atom. The number of halogens is 1. The van der Waals surface area contributed by atoms with Gasteiger partial charge in [0.15, 0.2) is 0 Å². The molecule has 0 aromatic rings.